The van der Waals surface area contributed by atoms with Crippen LogP contribution in [-0.2, 0) is 32.5 Å². The van der Waals surface area contributed by atoms with Crippen molar-refractivity contribution >= 4 is 44.1 Å². The highest BCUT2D eigenvalue weighted by Gasteiger charge is 2.37. The zero-order valence-corrected chi connectivity index (χ0v) is 32.3. The van der Waals surface area contributed by atoms with Crippen molar-refractivity contribution in [3.63, 3.8) is 0 Å². The first-order valence-corrected chi connectivity index (χ1v) is 20.8. The number of nitrogens with one attached hydrogen (secondary N) is 2. The topological polar surface area (TPSA) is 137 Å². The summed E-state index contributed by atoms with van der Waals surface area (Å²) in [6.45, 7) is 3.05. The van der Waals surface area contributed by atoms with Crippen molar-refractivity contribution in [2.24, 2.45) is 22.6 Å². The average Bonchev–Trinajstić information content (AvgIpc) is 3.72. The Morgan fingerprint density at radius 2 is 1.44 bits per heavy atom. The summed E-state index contributed by atoms with van der Waals surface area (Å²) in [4.78, 5) is 36.9. The van der Waals surface area contributed by atoms with Crippen LogP contribution in [0, 0.1) is 11.8 Å². The van der Waals surface area contributed by atoms with Crippen LogP contribution in [0.5, 0.6) is 0 Å². The molecule has 1 aliphatic heterocycles. The molecule has 4 aromatic carbocycles. The van der Waals surface area contributed by atoms with Gasteiger partial charge in [-0.25, -0.2) is 8.42 Å². The van der Waals surface area contributed by atoms with Gasteiger partial charge in [0, 0.05) is 43.9 Å². The minimum absolute atomic E-state index is 0.0644. The molecule has 6 rings (SSSR count). The van der Waals surface area contributed by atoms with Crippen LogP contribution in [0.2, 0.25) is 0 Å². The number of nitrogens with two attached hydrogens (primary N) is 1. The van der Waals surface area contributed by atoms with Crippen LogP contribution >= 0.6 is 0 Å². The number of sulfonamides is 1. The maximum Gasteiger partial charge on any atom is 0.245 e. The number of amidine groups is 1. The smallest absolute Gasteiger partial charge is 0.245 e. The van der Waals surface area contributed by atoms with Crippen molar-refractivity contribution in [3.05, 3.63) is 114 Å². The SMILES string of the molecule is CN(C)CC1CCC(CN=C(N)c2ccc(C[C@@H](NC(=O)[C@H](Cc3ccccc3)S(=O)(=O)Nc3ccc4ccccc4c3)C(=O)N3CCCC3)cc2)CC1. The number of rotatable bonds is 15. The lowest BCUT2D eigenvalue weighted by molar-refractivity contribution is -0.135. The second-order valence-corrected chi connectivity index (χ2v) is 17.1. The van der Waals surface area contributed by atoms with Crippen LogP contribution in [0.3, 0.4) is 0 Å². The molecule has 2 amide bonds. The average molecular weight is 751 g/mol. The Bertz CT molecular complexity index is 2000. The molecule has 0 bridgehead atoms. The molecular formula is C43H54N6O4S. The molecule has 2 aliphatic rings. The lowest BCUT2D eigenvalue weighted by atomic mass is 9.82. The third kappa shape index (κ3) is 10.5. The van der Waals surface area contributed by atoms with Gasteiger partial charge in [-0.3, -0.25) is 19.3 Å². The molecule has 0 spiro atoms. The largest absolute Gasteiger partial charge is 0.384 e. The third-order valence-electron chi connectivity index (χ3n) is 10.8. The van der Waals surface area contributed by atoms with E-state index >= 15 is 0 Å². The number of benzene rings is 4. The number of nitrogens with zero attached hydrogens (tertiary/aromatic N) is 3. The number of amides is 2. The normalized spacial score (nSPS) is 19.1. The molecule has 0 radical (unpaired) electrons. The lowest BCUT2D eigenvalue weighted by Crippen LogP contribution is -2.53. The fraction of sp³-hybridized carbons (Fsp3) is 0.419. The monoisotopic (exact) mass is 750 g/mol. The molecule has 1 aliphatic carbocycles. The first kappa shape index (κ1) is 39.0. The summed E-state index contributed by atoms with van der Waals surface area (Å²) in [6.07, 6.45) is 6.69. The molecule has 2 fully saturated rings. The Morgan fingerprint density at radius 3 is 2.13 bits per heavy atom. The van der Waals surface area contributed by atoms with Gasteiger partial charge >= 0.3 is 0 Å². The lowest BCUT2D eigenvalue weighted by Gasteiger charge is -2.29. The van der Waals surface area contributed by atoms with Crippen molar-refractivity contribution in [1.29, 1.82) is 0 Å². The number of hydrogen-bond acceptors (Lipinski definition) is 6. The van der Waals surface area contributed by atoms with E-state index in [1.807, 2.05) is 72.8 Å². The van der Waals surface area contributed by atoms with E-state index in [4.69, 9.17) is 10.7 Å². The summed E-state index contributed by atoms with van der Waals surface area (Å²) in [5, 5.41) is 3.23. The van der Waals surface area contributed by atoms with Crippen molar-refractivity contribution in [2.45, 2.75) is 62.7 Å². The maximum atomic E-state index is 14.2. The first-order chi connectivity index (χ1) is 26.0. The van der Waals surface area contributed by atoms with Crippen LogP contribution in [0.4, 0.5) is 5.69 Å². The summed E-state index contributed by atoms with van der Waals surface area (Å²) in [7, 11) is 0.00493. The standard InChI is InChI=1S/C43H54N6O4S/c1-48(2)30-34-16-14-33(15-17-34)29-45-41(44)36-20-18-32(19-21-36)26-39(43(51)49-24-8-9-25-49)46-42(50)40(27-31-10-4-3-5-11-31)54(52,53)47-38-23-22-35-12-6-7-13-37(35)28-38/h3-7,10-13,18-23,28,33-34,39-40,47H,8-9,14-17,24-27,29-30H2,1-2H3,(H2,44,45)(H,46,50)/t33?,34?,39-,40+/m1/s1. The van der Waals surface area contributed by atoms with Gasteiger partial charge in [0.25, 0.3) is 0 Å². The first-order valence-electron chi connectivity index (χ1n) is 19.2. The molecular weight excluding hydrogens is 697 g/mol. The van der Waals surface area contributed by atoms with E-state index < -0.39 is 27.2 Å². The van der Waals surface area contributed by atoms with E-state index in [-0.39, 0.29) is 18.7 Å². The van der Waals surface area contributed by atoms with E-state index in [2.05, 4.69) is 29.0 Å². The predicted molar refractivity (Wildman–Crippen MR) is 218 cm³/mol. The quantitative estimate of drug-likeness (QED) is 0.107. The number of carbonyl (C=O) groups excluding carboxylic acids is 2. The number of fused-ring (bicyclic) bond motifs is 1. The van der Waals surface area contributed by atoms with E-state index in [0.717, 1.165) is 47.2 Å². The number of anilines is 1. The number of likely N-dealkylation sites (tertiary alicyclic amines) is 1. The molecule has 1 saturated carbocycles. The molecule has 11 heteroatoms. The Labute approximate surface area is 320 Å². The van der Waals surface area contributed by atoms with Crippen molar-refractivity contribution in [3.8, 4) is 0 Å². The minimum atomic E-state index is -4.26. The molecule has 0 unspecified atom stereocenters. The van der Waals surface area contributed by atoms with Crippen molar-refractivity contribution in [2.75, 3.05) is 45.0 Å². The predicted octanol–water partition coefficient (Wildman–Crippen LogP) is 5.62. The van der Waals surface area contributed by atoms with Crippen LogP contribution < -0.4 is 15.8 Å². The van der Waals surface area contributed by atoms with Crippen molar-refractivity contribution in [1.82, 2.24) is 15.1 Å². The highest BCUT2D eigenvalue weighted by Crippen LogP contribution is 2.29. The highest BCUT2D eigenvalue weighted by molar-refractivity contribution is 7.94. The highest BCUT2D eigenvalue weighted by atomic mass is 32.2. The van der Waals surface area contributed by atoms with Gasteiger partial charge in [0.1, 0.15) is 11.9 Å². The van der Waals surface area contributed by atoms with Gasteiger partial charge in [-0.1, -0.05) is 84.9 Å². The van der Waals surface area contributed by atoms with Crippen LogP contribution in [-0.4, -0.2) is 87.4 Å². The maximum absolute atomic E-state index is 14.2. The minimum Gasteiger partial charge on any atom is -0.384 e. The van der Waals surface area contributed by atoms with Gasteiger partial charge in [0.15, 0.2) is 5.25 Å². The number of aliphatic imine (C=N–C) groups is 1. The van der Waals surface area contributed by atoms with Gasteiger partial charge in [-0.05, 0) is 105 Å². The Morgan fingerprint density at radius 1 is 0.815 bits per heavy atom. The number of carbonyl (C=O) groups is 2. The van der Waals surface area contributed by atoms with E-state index in [1.54, 1.807) is 29.2 Å². The summed E-state index contributed by atoms with van der Waals surface area (Å²) in [6, 6.07) is 28.7. The van der Waals surface area contributed by atoms with E-state index in [0.29, 0.717) is 42.6 Å². The summed E-state index contributed by atoms with van der Waals surface area (Å²) >= 11 is 0. The summed E-state index contributed by atoms with van der Waals surface area (Å²) in [5.41, 5.74) is 9.11. The third-order valence-corrected chi connectivity index (χ3v) is 12.4. The molecule has 1 saturated heterocycles. The Hall–Kier alpha value is -4.74. The molecule has 286 valence electrons. The molecule has 0 aromatic heterocycles. The Balaban J connectivity index is 1.17. The van der Waals surface area contributed by atoms with Gasteiger partial charge in [0.2, 0.25) is 21.8 Å². The second kappa shape index (κ2) is 18.1. The molecule has 54 heavy (non-hydrogen) atoms. The molecule has 4 N–H and O–H groups in total. The van der Waals surface area contributed by atoms with Gasteiger partial charge in [-0.2, -0.15) is 0 Å². The zero-order valence-electron chi connectivity index (χ0n) is 31.5. The van der Waals surface area contributed by atoms with Gasteiger partial charge in [-0.15, -0.1) is 0 Å². The summed E-state index contributed by atoms with van der Waals surface area (Å²) in [5.74, 6) is 0.836. The van der Waals surface area contributed by atoms with Gasteiger partial charge in [0.05, 0.1) is 0 Å². The van der Waals surface area contributed by atoms with Crippen molar-refractivity contribution < 1.29 is 18.0 Å². The van der Waals surface area contributed by atoms with Crippen LogP contribution in [0.25, 0.3) is 10.8 Å². The number of hydrogen-bond donors (Lipinski definition) is 3. The molecule has 4 aromatic rings. The molecule has 2 atom stereocenters. The summed E-state index contributed by atoms with van der Waals surface area (Å²) < 4.78 is 30.8. The fourth-order valence-corrected chi connectivity index (χ4v) is 9.12. The fourth-order valence-electron chi connectivity index (χ4n) is 7.76. The van der Waals surface area contributed by atoms with Gasteiger partial charge < -0.3 is 20.9 Å². The second-order valence-electron chi connectivity index (χ2n) is 15.3. The Kier molecular flexibility index (Phi) is 13.0. The van der Waals surface area contributed by atoms with E-state index in [9.17, 15) is 18.0 Å². The van der Waals surface area contributed by atoms with Crippen LogP contribution in [0.15, 0.2) is 102 Å². The molecule has 1 heterocycles. The molecule has 10 nitrogen and oxygen atoms in total. The zero-order chi connectivity index (χ0) is 38.1. The van der Waals surface area contributed by atoms with E-state index in [1.165, 1.54) is 25.7 Å². The van der Waals surface area contributed by atoms with Crippen LogP contribution in [0.1, 0.15) is 55.2 Å².